The molecule has 41 heavy (non-hydrogen) atoms. The Morgan fingerprint density at radius 2 is 1.83 bits per heavy atom. The summed E-state index contributed by atoms with van der Waals surface area (Å²) in [4.78, 5) is 38.7. The Morgan fingerprint density at radius 3 is 2.46 bits per heavy atom. The lowest BCUT2D eigenvalue weighted by Crippen LogP contribution is -2.44. The number of rotatable bonds is 9. The zero-order valence-electron chi connectivity index (χ0n) is 23.8. The van der Waals surface area contributed by atoms with Crippen LogP contribution >= 0.6 is 0 Å². The lowest BCUT2D eigenvalue weighted by molar-refractivity contribution is -0.147. The van der Waals surface area contributed by atoms with Crippen molar-refractivity contribution >= 4 is 23.9 Å². The molecule has 2 aromatic carbocycles. The van der Waals surface area contributed by atoms with E-state index in [1.165, 1.54) is 6.92 Å². The highest BCUT2D eigenvalue weighted by molar-refractivity contribution is 6.19. The molecule has 0 saturated heterocycles. The van der Waals surface area contributed by atoms with E-state index in [1.54, 1.807) is 17.7 Å². The summed E-state index contributed by atoms with van der Waals surface area (Å²) in [7, 11) is 0. The topological polar surface area (TPSA) is 115 Å². The van der Waals surface area contributed by atoms with Gasteiger partial charge in [0.05, 0.1) is 18.8 Å². The molecule has 0 aliphatic carbocycles. The van der Waals surface area contributed by atoms with Gasteiger partial charge in [0.15, 0.2) is 0 Å². The number of nitriles is 1. The maximum absolute atomic E-state index is 13.6. The van der Waals surface area contributed by atoms with Gasteiger partial charge in [-0.2, -0.15) is 10.4 Å². The summed E-state index contributed by atoms with van der Waals surface area (Å²) in [5, 5.41) is 14.6. The molecule has 9 nitrogen and oxygen atoms in total. The summed E-state index contributed by atoms with van der Waals surface area (Å²) in [6, 6.07) is 17.3. The zero-order valence-corrected chi connectivity index (χ0v) is 23.8. The molecule has 0 bridgehead atoms. The van der Waals surface area contributed by atoms with E-state index in [2.05, 4.69) is 13.8 Å². The number of nitrogens with zero attached hydrogens (tertiary/aromatic N) is 4. The molecule has 1 aliphatic heterocycles. The standard InChI is InChI=1S/C32H32N4O5/c1-20(2)19-41-26-11-12-27(21(3)15-26)30-24(18-36(34-30)25-9-7-6-8-10-25)16-28-22(4)29(17-33)32(39)35(31(28)38)13-14-40-23(5)37/h6-12,15-16,18,20H,13-14,19H2,1-5H3/b28-16+. The van der Waals surface area contributed by atoms with Crippen LogP contribution in [0.2, 0.25) is 0 Å². The molecular formula is C32H32N4O5. The summed E-state index contributed by atoms with van der Waals surface area (Å²) in [5.74, 6) is -0.681. The minimum Gasteiger partial charge on any atom is -0.493 e. The predicted molar refractivity (Wildman–Crippen MR) is 154 cm³/mol. The fourth-order valence-electron chi connectivity index (χ4n) is 4.44. The molecule has 0 fully saturated rings. The van der Waals surface area contributed by atoms with Crippen molar-refractivity contribution in [2.24, 2.45) is 5.92 Å². The number of esters is 1. The summed E-state index contributed by atoms with van der Waals surface area (Å²) >= 11 is 0. The van der Waals surface area contributed by atoms with Crippen LogP contribution in [0.1, 0.15) is 38.8 Å². The summed E-state index contributed by atoms with van der Waals surface area (Å²) in [6.45, 7) is 9.23. The number of aromatic nitrogens is 2. The van der Waals surface area contributed by atoms with E-state index in [0.29, 0.717) is 23.8 Å². The Bertz CT molecular complexity index is 1590. The monoisotopic (exact) mass is 552 g/mol. The van der Waals surface area contributed by atoms with Crippen molar-refractivity contribution in [3.05, 3.63) is 82.6 Å². The minimum absolute atomic E-state index is 0.140. The van der Waals surface area contributed by atoms with Gasteiger partial charge in [0, 0.05) is 29.8 Å². The Kier molecular flexibility index (Phi) is 8.83. The highest BCUT2D eigenvalue weighted by atomic mass is 16.5. The largest absolute Gasteiger partial charge is 0.493 e. The molecule has 0 unspecified atom stereocenters. The molecule has 1 aliphatic rings. The lowest BCUT2D eigenvalue weighted by atomic mass is 9.93. The molecule has 2 heterocycles. The SMILES string of the molecule is CC(=O)OCCN1C(=O)C(C#N)=C(C)/C(=C\c2cn(-c3ccccc3)nc2-c2ccc(OCC(C)C)cc2C)C1=O. The first-order chi connectivity index (χ1) is 19.6. The zero-order chi connectivity index (χ0) is 29.7. The van der Waals surface area contributed by atoms with Crippen LogP contribution in [0.3, 0.4) is 0 Å². The number of hydrogen-bond donors (Lipinski definition) is 0. The number of carbonyl (C=O) groups is 3. The van der Waals surface area contributed by atoms with Gasteiger partial charge in [-0.25, -0.2) is 4.68 Å². The van der Waals surface area contributed by atoms with Crippen LogP contribution in [0.4, 0.5) is 0 Å². The van der Waals surface area contributed by atoms with Crippen molar-refractivity contribution in [1.82, 2.24) is 14.7 Å². The number of amides is 2. The molecule has 0 saturated carbocycles. The molecule has 0 spiro atoms. The van der Waals surface area contributed by atoms with Crippen LogP contribution in [0, 0.1) is 24.2 Å². The first kappa shape index (κ1) is 29.0. The Hall–Kier alpha value is -4.97. The maximum Gasteiger partial charge on any atom is 0.302 e. The summed E-state index contributed by atoms with van der Waals surface area (Å²) < 4.78 is 12.6. The highest BCUT2D eigenvalue weighted by Crippen LogP contribution is 2.33. The fraction of sp³-hybridized carbons (Fsp3) is 0.281. The quantitative estimate of drug-likeness (QED) is 0.208. The van der Waals surface area contributed by atoms with Gasteiger partial charge in [0.1, 0.15) is 29.7 Å². The number of hydrogen-bond acceptors (Lipinski definition) is 7. The van der Waals surface area contributed by atoms with Crippen LogP contribution in [-0.4, -0.2) is 52.2 Å². The summed E-state index contributed by atoms with van der Waals surface area (Å²) in [5.41, 5.74) is 4.17. The van der Waals surface area contributed by atoms with Crippen molar-refractivity contribution in [2.75, 3.05) is 19.8 Å². The number of imide groups is 1. The molecule has 3 aromatic rings. The van der Waals surface area contributed by atoms with E-state index in [1.807, 2.05) is 67.7 Å². The molecular weight excluding hydrogens is 520 g/mol. The van der Waals surface area contributed by atoms with E-state index in [0.717, 1.165) is 27.5 Å². The van der Waals surface area contributed by atoms with E-state index in [-0.39, 0.29) is 29.9 Å². The average molecular weight is 553 g/mol. The van der Waals surface area contributed by atoms with Crippen molar-refractivity contribution in [3.8, 4) is 28.8 Å². The Balaban J connectivity index is 1.83. The maximum atomic E-state index is 13.6. The van der Waals surface area contributed by atoms with E-state index < -0.39 is 17.8 Å². The van der Waals surface area contributed by atoms with Crippen molar-refractivity contribution in [3.63, 3.8) is 0 Å². The highest BCUT2D eigenvalue weighted by Gasteiger charge is 2.35. The van der Waals surface area contributed by atoms with E-state index >= 15 is 0 Å². The van der Waals surface area contributed by atoms with Gasteiger partial charge in [0.2, 0.25) is 0 Å². The van der Waals surface area contributed by atoms with Crippen molar-refractivity contribution in [1.29, 1.82) is 5.26 Å². The van der Waals surface area contributed by atoms with Gasteiger partial charge in [-0.3, -0.25) is 19.3 Å². The minimum atomic E-state index is -0.715. The normalized spacial score (nSPS) is 14.6. The molecule has 2 amide bonds. The third-order valence-corrected chi connectivity index (χ3v) is 6.55. The fourth-order valence-corrected chi connectivity index (χ4v) is 4.44. The molecule has 4 rings (SSSR count). The molecule has 9 heteroatoms. The van der Waals surface area contributed by atoms with Crippen molar-refractivity contribution in [2.45, 2.75) is 34.6 Å². The number of carbonyl (C=O) groups excluding carboxylic acids is 3. The molecule has 210 valence electrons. The number of benzene rings is 2. The van der Waals surface area contributed by atoms with Gasteiger partial charge in [-0.15, -0.1) is 0 Å². The molecule has 0 radical (unpaired) electrons. The van der Waals surface area contributed by atoms with Gasteiger partial charge in [0.25, 0.3) is 11.8 Å². The summed E-state index contributed by atoms with van der Waals surface area (Å²) in [6.07, 6.45) is 3.47. The van der Waals surface area contributed by atoms with E-state index in [4.69, 9.17) is 14.6 Å². The molecule has 0 atom stereocenters. The Morgan fingerprint density at radius 1 is 1.10 bits per heavy atom. The third kappa shape index (κ3) is 6.44. The van der Waals surface area contributed by atoms with Crippen molar-refractivity contribution < 1.29 is 23.9 Å². The second-order valence-corrected chi connectivity index (χ2v) is 10.2. The van der Waals surface area contributed by atoms with Crippen LogP contribution < -0.4 is 4.74 Å². The van der Waals surface area contributed by atoms with Gasteiger partial charge >= 0.3 is 5.97 Å². The smallest absolute Gasteiger partial charge is 0.302 e. The number of aryl methyl sites for hydroxylation is 1. The van der Waals surface area contributed by atoms with Gasteiger partial charge in [-0.1, -0.05) is 32.0 Å². The lowest BCUT2D eigenvalue weighted by Gasteiger charge is -2.27. The van der Waals surface area contributed by atoms with E-state index in [9.17, 15) is 19.6 Å². The second kappa shape index (κ2) is 12.5. The van der Waals surface area contributed by atoms with Crippen LogP contribution in [0.15, 0.2) is 71.4 Å². The van der Waals surface area contributed by atoms with Crippen LogP contribution in [0.5, 0.6) is 5.75 Å². The second-order valence-electron chi connectivity index (χ2n) is 10.2. The number of ether oxygens (including phenoxy) is 2. The third-order valence-electron chi connectivity index (χ3n) is 6.55. The van der Waals surface area contributed by atoms with Gasteiger partial charge < -0.3 is 9.47 Å². The van der Waals surface area contributed by atoms with Crippen LogP contribution in [-0.2, 0) is 19.1 Å². The first-order valence-electron chi connectivity index (χ1n) is 13.3. The van der Waals surface area contributed by atoms with Crippen LogP contribution in [0.25, 0.3) is 23.0 Å². The average Bonchev–Trinajstić information content (AvgIpc) is 3.36. The predicted octanol–water partition coefficient (Wildman–Crippen LogP) is 5.04. The Labute approximate surface area is 239 Å². The number of para-hydroxylation sites is 1. The molecule has 1 aromatic heterocycles. The van der Waals surface area contributed by atoms with Gasteiger partial charge in [-0.05, 0) is 67.3 Å². The first-order valence-corrected chi connectivity index (χ1v) is 13.3. The molecule has 0 N–H and O–H groups in total.